The Kier molecular flexibility index (Phi) is 5.97. The number of nitrogens with one attached hydrogen (secondary N) is 1. The normalized spacial score (nSPS) is 14.2. The standard InChI is InChI=1S/C23H22N6O/c24-14-19-8-4-5-9-21(19)27-22(30)20-15-25-23(26-16-20)29-12-10-28(11-13-29)17-18-6-2-1-3-7-18/h1-9,15-16H,10-13,17H2,(H,27,30). The topological polar surface area (TPSA) is 85.1 Å². The largest absolute Gasteiger partial charge is 0.338 e. The summed E-state index contributed by atoms with van der Waals surface area (Å²) in [5, 5.41) is 11.9. The van der Waals surface area contributed by atoms with Gasteiger partial charge in [-0.05, 0) is 17.7 Å². The van der Waals surface area contributed by atoms with Gasteiger partial charge in [-0.15, -0.1) is 0 Å². The van der Waals surface area contributed by atoms with Crippen LogP contribution in [0.2, 0.25) is 0 Å². The van der Waals surface area contributed by atoms with Crippen molar-refractivity contribution >= 4 is 17.5 Å². The van der Waals surface area contributed by atoms with Gasteiger partial charge < -0.3 is 10.2 Å². The van der Waals surface area contributed by atoms with Crippen molar-refractivity contribution in [3.8, 4) is 6.07 Å². The van der Waals surface area contributed by atoms with Crippen LogP contribution in [-0.2, 0) is 6.54 Å². The quantitative estimate of drug-likeness (QED) is 0.711. The number of aromatic nitrogens is 2. The number of carbonyl (C=O) groups excluding carboxylic acids is 1. The van der Waals surface area contributed by atoms with E-state index in [4.69, 9.17) is 5.26 Å². The van der Waals surface area contributed by atoms with Crippen molar-refractivity contribution in [1.29, 1.82) is 5.26 Å². The van der Waals surface area contributed by atoms with Gasteiger partial charge in [0, 0.05) is 45.1 Å². The van der Waals surface area contributed by atoms with Crippen molar-refractivity contribution < 1.29 is 4.79 Å². The lowest BCUT2D eigenvalue weighted by Crippen LogP contribution is -2.46. The number of carbonyl (C=O) groups is 1. The maximum atomic E-state index is 12.5. The van der Waals surface area contributed by atoms with E-state index in [9.17, 15) is 4.79 Å². The van der Waals surface area contributed by atoms with Gasteiger partial charge in [-0.25, -0.2) is 9.97 Å². The zero-order valence-electron chi connectivity index (χ0n) is 16.5. The maximum Gasteiger partial charge on any atom is 0.258 e. The fraction of sp³-hybridized carbons (Fsp3) is 0.217. The van der Waals surface area contributed by atoms with Crippen LogP contribution in [0, 0.1) is 11.3 Å². The minimum atomic E-state index is -0.336. The Bertz CT molecular complexity index is 1040. The van der Waals surface area contributed by atoms with Crippen LogP contribution >= 0.6 is 0 Å². The summed E-state index contributed by atoms with van der Waals surface area (Å²) < 4.78 is 0. The first-order valence-electron chi connectivity index (χ1n) is 9.87. The average Bonchev–Trinajstić information content (AvgIpc) is 2.81. The average molecular weight is 398 g/mol. The van der Waals surface area contributed by atoms with Gasteiger partial charge in [-0.2, -0.15) is 5.26 Å². The number of nitriles is 1. The zero-order valence-corrected chi connectivity index (χ0v) is 16.5. The van der Waals surface area contributed by atoms with Gasteiger partial charge in [-0.1, -0.05) is 42.5 Å². The van der Waals surface area contributed by atoms with Gasteiger partial charge in [0.1, 0.15) is 6.07 Å². The number of rotatable bonds is 5. The second-order valence-corrected chi connectivity index (χ2v) is 7.13. The molecule has 30 heavy (non-hydrogen) atoms. The first kappa shape index (κ1) is 19.6. The summed E-state index contributed by atoms with van der Waals surface area (Å²) >= 11 is 0. The van der Waals surface area contributed by atoms with Crippen LogP contribution in [0.1, 0.15) is 21.5 Å². The number of benzene rings is 2. The Hall–Kier alpha value is -3.76. The van der Waals surface area contributed by atoms with E-state index in [0.29, 0.717) is 22.8 Å². The lowest BCUT2D eigenvalue weighted by Gasteiger charge is -2.34. The second kappa shape index (κ2) is 9.16. The first-order valence-corrected chi connectivity index (χ1v) is 9.87. The fourth-order valence-corrected chi connectivity index (χ4v) is 3.43. The molecule has 0 aliphatic carbocycles. The van der Waals surface area contributed by atoms with Crippen LogP contribution < -0.4 is 10.2 Å². The Morgan fingerprint density at radius 2 is 1.63 bits per heavy atom. The highest BCUT2D eigenvalue weighted by Crippen LogP contribution is 2.16. The van der Waals surface area contributed by atoms with Gasteiger partial charge in [0.2, 0.25) is 5.95 Å². The number of piperazine rings is 1. The predicted molar refractivity (Wildman–Crippen MR) is 115 cm³/mol. The van der Waals surface area contributed by atoms with Gasteiger partial charge in [-0.3, -0.25) is 9.69 Å². The summed E-state index contributed by atoms with van der Waals surface area (Å²) in [6, 6.07) is 19.4. The van der Waals surface area contributed by atoms with Crippen molar-refractivity contribution in [3.05, 3.63) is 83.7 Å². The van der Waals surface area contributed by atoms with E-state index in [0.717, 1.165) is 32.7 Å². The van der Waals surface area contributed by atoms with Crippen LogP contribution in [0.3, 0.4) is 0 Å². The molecule has 1 aliphatic heterocycles. The van der Waals surface area contributed by atoms with Crippen molar-refractivity contribution in [2.24, 2.45) is 0 Å². The molecule has 1 aromatic heterocycles. The molecule has 1 amide bonds. The third-order valence-corrected chi connectivity index (χ3v) is 5.10. The van der Waals surface area contributed by atoms with Crippen LogP contribution in [0.4, 0.5) is 11.6 Å². The van der Waals surface area contributed by atoms with E-state index < -0.39 is 0 Å². The predicted octanol–water partition coefficient (Wildman–Crippen LogP) is 2.92. The molecule has 7 heteroatoms. The lowest BCUT2D eigenvalue weighted by molar-refractivity contribution is 0.102. The van der Waals surface area contributed by atoms with E-state index in [2.05, 4.69) is 55.4 Å². The number of nitrogens with zero attached hydrogens (tertiary/aromatic N) is 5. The molecule has 7 nitrogen and oxygen atoms in total. The molecule has 1 fully saturated rings. The molecular weight excluding hydrogens is 376 g/mol. The third-order valence-electron chi connectivity index (χ3n) is 5.10. The van der Waals surface area contributed by atoms with Crippen LogP contribution in [0.15, 0.2) is 67.0 Å². The van der Waals surface area contributed by atoms with Crippen LogP contribution in [-0.4, -0.2) is 47.0 Å². The summed E-state index contributed by atoms with van der Waals surface area (Å²) in [7, 11) is 0. The zero-order chi connectivity index (χ0) is 20.8. The van der Waals surface area contributed by atoms with E-state index in [1.165, 1.54) is 18.0 Å². The lowest BCUT2D eigenvalue weighted by atomic mass is 10.2. The van der Waals surface area contributed by atoms with Crippen molar-refractivity contribution in [1.82, 2.24) is 14.9 Å². The molecule has 0 radical (unpaired) electrons. The Morgan fingerprint density at radius 1 is 0.967 bits per heavy atom. The van der Waals surface area contributed by atoms with Crippen LogP contribution in [0.25, 0.3) is 0 Å². The monoisotopic (exact) mass is 398 g/mol. The van der Waals surface area contributed by atoms with E-state index in [1.54, 1.807) is 24.3 Å². The molecule has 2 aromatic carbocycles. The molecule has 0 bridgehead atoms. The van der Waals surface area contributed by atoms with Crippen molar-refractivity contribution in [2.75, 3.05) is 36.4 Å². The Morgan fingerprint density at radius 3 is 2.33 bits per heavy atom. The number of anilines is 2. The number of amides is 1. The van der Waals surface area contributed by atoms with Crippen molar-refractivity contribution in [3.63, 3.8) is 0 Å². The molecule has 1 saturated heterocycles. The molecule has 0 unspecified atom stereocenters. The van der Waals surface area contributed by atoms with Crippen LogP contribution in [0.5, 0.6) is 0 Å². The van der Waals surface area contributed by atoms with E-state index in [-0.39, 0.29) is 5.91 Å². The van der Waals surface area contributed by atoms with Crippen molar-refractivity contribution in [2.45, 2.75) is 6.54 Å². The minimum Gasteiger partial charge on any atom is -0.338 e. The Balaban J connectivity index is 1.34. The Labute approximate surface area is 175 Å². The minimum absolute atomic E-state index is 0.336. The smallest absolute Gasteiger partial charge is 0.258 e. The molecular formula is C23H22N6O. The molecule has 0 spiro atoms. The summed E-state index contributed by atoms with van der Waals surface area (Å²) in [4.78, 5) is 25.8. The highest BCUT2D eigenvalue weighted by Gasteiger charge is 2.19. The fourth-order valence-electron chi connectivity index (χ4n) is 3.43. The second-order valence-electron chi connectivity index (χ2n) is 7.13. The molecule has 3 aromatic rings. The highest BCUT2D eigenvalue weighted by atomic mass is 16.1. The molecule has 0 atom stereocenters. The molecule has 0 saturated carbocycles. The summed E-state index contributed by atoms with van der Waals surface area (Å²) in [6.45, 7) is 4.50. The summed E-state index contributed by atoms with van der Waals surface area (Å²) in [5.74, 6) is 0.292. The van der Waals surface area contributed by atoms with E-state index in [1.807, 2.05) is 6.07 Å². The SMILES string of the molecule is N#Cc1ccccc1NC(=O)c1cnc(N2CCN(Cc3ccccc3)CC2)nc1. The summed E-state index contributed by atoms with van der Waals surface area (Å²) in [5.41, 5.74) is 2.56. The number of hydrogen-bond acceptors (Lipinski definition) is 6. The van der Waals surface area contributed by atoms with Gasteiger partial charge >= 0.3 is 0 Å². The molecule has 1 aliphatic rings. The number of para-hydroxylation sites is 1. The third kappa shape index (κ3) is 4.62. The molecule has 1 N–H and O–H groups in total. The van der Waals surface area contributed by atoms with Gasteiger partial charge in [0.25, 0.3) is 5.91 Å². The van der Waals surface area contributed by atoms with E-state index >= 15 is 0 Å². The summed E-state index contributed by atoms with van der Waals surface area (Å²) in [6.07, 6.45) is 3.06. The highest BCUT2D eigenvalue weighted by molar-refractivity contribution is 6.04. The maximum absolute atomic E-state index is 12.5. The first-order chi connectivity index (χ1) is 14.7. The number of hydrogen-bond donors (Lipinski definition) is 1. The van der Waals surface area contributed by atoms with Gasteiger partial charge in [0.15, 0.2) is 0 Å². The molecule has 2 heterocycles. The van der Waals surface area contributed by atoms with Gasteiger partial charge in [0.05, 0.1) is 16.8 Å². The molecule has 150 valence electrons. The molecule has 4 rings (SSSR count).